The van der Waals surface area contributed by atoms with Crippen molar-refractivity contribution in [2.75, 3.05) is 26.8 Å². The summed E-state index contributed by atoms with van der Waals surface area (Å²) in [6.07, 6.45) is 0. The number of benzene rings is 1. The standard InChI is InChI=1S/C15H21N3O/c1-10-14(11-5-3-4-6-12(11)18-10)15(16-2)13-9-19-8-7-17-13/h3-6,13,15-18H,7-9H2,1-2H3. The van der Waals surface area contributed by atoms with E-state index in [0.29, 0.717) is 6.04 Å². The van der Waals surface area contributed by atoms with E-state index in [-0.39, 0.29) is 6.04 Å². The second-order valence-corrected chi connectivity index (χ2v) is 5.11. The maximum atomic E-state index is 5.60. The Morgan fingerprint density at radius 1 is 1.37 bits per heavy atom. The first-order valence-electron chi connectivity index (χ1n) is 6.87. The Bertz CT molecular complexity index is 558. The normalized spacial score (nSPS) is 21.7. The molecule has 1 aliphatic heterocycles. The SMILES string of the molecule is CNC(c1c(C)[nH]c2ccccc12)C1COCCN1. The summed E-state index contributed by atoms with van der Waals surface area (Å²) in [5.74, 6) is 0. The van der Waals surface area contributed by atoms with Gasteiger partial charge in [-0.25, -0.2) is 0 Å². The van der Waals surface area contributed by atoms with Crippen LogP contribution >= 0.6 is 0 Å². The third-order valence-electron chi connectivity index (χ3n) is 3.92. The smallest absolute Gasteiger partial charge is 0.0638 e. The lowest BCUT2D eigenvalue weighted by Gasteiger charge is -2.31. The Morgan fingerprint density at radius 3 is 2.95 bits per heavy atom. The molecular formula is C15H21N3O. The summed E-state index contributed by atoms with van der Waals surface area (Å²) in [5, 5.41) is 8.29. The maximum Gasteiger partial charge on any atom is 0.0638 e. The number of fused-ring (bicyclic) bond motifs is 1. The van der Waals surface area contributed by atoms with Gasteiger partial charge in [0, 0.05) is 23.1 Å². The van der Waals surface area contributed by atoms with Crippen LogP contribution in [0.15, 0.2) is 24.3 Å². The van der Waals surface area contributed by atoms with E-state index < -0.39 is 0 Å². The average molecular weight is 259 g/mol. The number of aryl methyl sites for hydroxylation is 1. The first-order valence-corrected chi connectivity index (χ1v) is 6.87. The largest absolute Gasteiger partial charge is 0.378 e. The van der Waals surface area contributed by atoms with Gasteiger partial charge in [0.05, 0.1) is 25.3 Å². The maximum absolute atomic E-state index is 5.60. The van der Waals surface area contributed by atoms with Crippen LogP contribution in [0.5, 0.6) is 0 Å². The van der Waals surface area contributed by atoms with Gasteiger partial charge in [-0.3, -0.25) is 0 Å². The molecule has 2 heterocycles. The van der Waals surface area contributed by atoms with Crippen molar-refractivity contribution in [3.05, 3.63) is 35.5 Å². The zero-order valence-electron chi connectivity index (χ0n) is 11.5. The Kier molecular flexibility index (Phi) is 3.55. The number of nitrogens with one attached hydrogen (secondary N) is 3. The second-order valence-electron chi connectivity index (χ2n) is 5.11. The number of aromatic nitrogens is 1. The lowest BCUT2D eigenvalue weighted by molar-refractivity contribution is 0.0646. The molecule has 0 saturated carbocycles. The van der Waals surface area contributed by atoms with Gasteiger partial charge in [-0.05, 0) is 25.6 Å². The molecule has 0 amide bonds. The van der Waals surface area contributed by atoms with E-state index in [1.807, 2.05) is 7.05 Å². The van der Waals surface area contributed by atoms with Gasteiger partial charge in [-0.15, -0.1) is 0 Å². The van der Waals surface area contributed by atoms with Crippen molar-refractivity contribution in [2.24, 2.45) is 0 Å². The summed E-state index contributed by atoms with van der Waals surface area (Å²) in [6, 6.07) is 9.05. The summed E-state index contributed by atoms with van der Waals surface area (Å²) in [7, 11) is 2.02. The van der Waals surface area contributed by atoms with Gasteiger partial charge in [0.1, 0.15) is 0 Å². The third-order valence-corrected chi connectivity index (χ3v) is 3.92. The van der Waals surface area contributed by atoms with Crippen molar-refractivity contribution in [1.29, 1.82) is 0 Å². The topological polar surface area (TPSA) is 49.1 Å². The first-order chi connectivity index (χ1) is 9.31. The van der Waals surface area contributed by atoms with Gasteiger partial charge >= 0.3 is 0 Å². The molecule has 0 radical (unpaired) electrons. The molecule has 4 nitrogen and oxygen atoms in total. The molecule has 0 bridgehead atoms. The number of para-hydroxylation sites is 1. The van der Waals surface area contributed by atoms with E-state index in [4.69, 9.17) is 4.74 Å². The molecule has 4 heteroatoms. The molecule has 2 aromatic rings. The number of ether oxygens (including phenoxy) is 1. The fraction of sp³-hybridized carbons (Fsp3) is 0.467. The molecule has 19 heavy (non-hydrogen) atoms. The summed E-state index contributed by atoms with van der Waals surface area (Å²) >= 11 is 0. The van der Waals surface area contributed by atoms with Crippen LogP contribution in [0.1, 0.15) is 17.3 Å². The molecule has 3 rings (SSSR count). The van der Waals surface area contributed by atoms with Crippen molar-refractivity contribution in [3.8, 4) is 0 Å². The van der Waals surface area contributed by atoms with E-state index in [1.54, 1.807) is 0 Å². The quantitative estimate of drug-likeness (QED) is 0.786. The molecule has 1 aromatic heterocycles. The zero-order chi connectivity index (χ0) is 13.2. The molecule has 1 aromatic carbocycles. The summed E-state index contributed by atoms with van der Waals surface area (Å²) in [4.78, 5) is 3.47. The Hall–Kier alpha value is -1.36. The number of likely N-dealkylation sites (N-methyl/N-ethyl adjacent to an activating group) is 1. The van der Waals surface area contributed by atoms with Crippen LogP contribution in [0.4, 0.5) is 0 Å². The van der Waals surface area contributed by atoms with E-state index >= 15 is 0 Å². The Morgan fingerprint density at radius 2 is 2.21 bits per heavy atom. The highest BCUT2D eigenvalue weighted by atomic mass is 16.5. The minimum absolute atomic E-state index is 0.261. The van der Waals surface area contributed by atoms with Crippen LogP contribution in [0.2, 0.25) is 0 Å². The predicted molar refractivity (Wildman–Crippen MR) is 77.4 cm³/mol. The monoisotopic (exact) mass is 259 g/mol. The number of H-pyrrole nitrogens is 1. The molecular weight excluding hydrogens is 238 g/mol. The van der Waals surface area contributed by atoms with Crippen LogP contribution in [-0.4, -0.2) is 37.8 Å². The fourth-order valence-electron chi connectivity index (χ4n) is 3.05. The van der Waals surface area contributed by atoms with E-state index in [1.165, 1.54) is 22.2 Å². The molecule has 3 N–H and O–H groups in total. The van der Waals surface area contributed by atoms with Crippen molar-refractivity contribution in [3.63, 3.8) is 0 Å². The first kappa shape index (κ1) is 12.7. The van der Waals surface area contributed by atoms with Gasteiger partial charge < -0.3 is 20.4 Å². The molecule has 1 saturated heterocycles. The zero-order valence-corrected chi connectivity index (χ0v) is 11.5. The van der Waals surface area contributed by atoms with Gasteiger partial charge in [0.15, 0.2) is 0 Å². The highest BCUT2D eigenvalue weighted by Crippen LogP contribution is 2.30. The average Bonchev–Trinajstić information content (AvgIpc) is 2.78. The van der Waals surface area contributed by atoms with Crippen LogP contribution in [0, 0.1) is 6.92 Å². The van der Waals surface area contributed by atoms with Crippen LogP contribution in [-0.2, 0) is 4.74 Å². The predicted octanol–water partition coefficient (Wildman–Crippen LogP) is 1.73. The number of aromatic amines is 1. The molecule has 102 valence electrons. The van der Waals surface area contributed by atoms with Gasteiger partial charge in [-0.1, -0.05) is 18.2 Å². The van der Waals surface area contributed by atoms with Crippen LogP contribution in [0.3, 0.4) is 0 Å². The molecule has 0 aliphatic carbocycles. The lowest BCUT2D eigenvalue weighted by Crippen LogP contribution is -2.48. The van der Waals surface area contributed by atoms with Gasteiger partial charge in [0.2, 0.25) is 0 Å². The van der Waals surface area contributed by atoms with E-state index in [0.717, 1.165) is 19.8 Å². The van der Waals surface area contributed by atoms with Crippen molar-refractivity contribution in [1.82, 2.24) is 15.6 Å². The lowest BCUT2D eigenvalue weighted by atomic mass is 9.96. The summed E-state index contributed by atoms with van der Waals surface area (Å²) < 4.78 is 5.60. The number of morpholine rings is 1. The van der Waals surface area contributed by atoms with Crippen molar-refractivity contribution >= 4 is 10.9 Å². The number of hydrogen-bond acceptors (Lipinski definition) is 3. The second kappa shape index (κ2) is 5.33. The van der Waals surface area contributed by atoms with Crippen LogP contribution < -0.4 is 10.6 Å². The molecule has 2 unspecified atom stereocenters. The minimum atomic E-state index is 0.261. The molecule has 2 atom stereocenters. The summed E-state index contributed by atoms with van der Waals surface area (Å²) in [6.45, 7) is 4.62. The fourth-order valence-corrected chi connectivity index (χ4v) is 3.05. The third kappa shape index (κ3) is 2.27. The highest BCUT2D eigenvalue weighted by molar-refractivity contribution is 5.85. The Balaban J connectivity index is 2.02. The minimum Gasteiger partial charge on any atom is -0.378 e. The Labute approximate surface area is 113 Å². The van der Waals surface area contributed by atoms with E-state index in [2.05, 4.69) is 46.8 Å². The number of rotatable bonds is 3. The van der Waals surface area contributed by atoms with Crippen LogP contribution in [0.25, 0.3) is 10.9 Å². The van der Waals surface area contributed by atoms with Crippen molar-refractivity contribution in [2.45, 2.75) is 19.0 Å². The number of hydrogen-bond donors (Lipinski definition) is 3. The van der Waals surface area contributed by atoms with Gasteiger partial charge in [-0.2, -0.15) is 0 Å². The molecule has 1 fully saturated rings. The summed E-state index contributed by atoms with van der Waals surface area (Å²) in [5.41, 5.74) is 3.78. The highest BCUT2D eigenvalue weighted by Gasteiger charge is 2.27. The van der Waals surface area contributed by atoms with E-state index in [9.17, 15) is 0 Å². The molecule has 0 spiro atoms. The van der Waals surface area contributed by atoms with Gasteiger partial charge in [0.25, 0.3) is 0 Å². The molecule has 1 aliphatic rings. The van der Waals surface area contributed by atoms with Crippen molar-refractivity contribution < 1.29 is 4.74 Å².